The number of aryl methyl sites for hydroxylation is 1. The van der Waals surface area contributed by atoms with Crippen LogP contribution in [0.5, 0.6) is 0 Å². The third-order valence-corrected chi connectivity index (χ3v) is 3.35. The number of hydrogen-bond acceptors (Lipinski definition) is 4. The number of carbonyl (C=O) groups is 1. The Labute approximate surface area is 111 Å². The Morgan fingerprint density at radius 3 is 2.89 bits per heavy atom. The predicted octanol–water partition coefficient (Wildman–Crippen LogP) is 0.154. The van der Waals surface area contributed by atoms with Gasteiger partial charge in [-0.25, -0.2) is 4.68 Å². The monoisotopic (exact) mass is 265 g/mol. The fourth-order valence-corrected chi connectivity index (χ4v) is 2.10. The molecule has 0 spiro atoms. The minimum absolute atomic E-state index is 0.00121. The van der Waals surface area contributed by atoms with Crippen LogP contribution in [0.3, 0.4) is 0 Å². The first kappa shape index (κ1) is 13.7. The van der Waals surface area contributed by atoms with Crippen molar-refractivity contribution in [3.8, 4) is 0 Å². The quantitative estimate of drug-likeness (QED) is 0.767. The fraction of sp³-hybridized carbons (Fsp3) is 0.615. The van der Waals surface area contributed by atoms with Gasteiger partial charge in [0.2, 0.25) is 0 Å². The van der Waals surface area contributed by atoms with Gasteiger partial charge in [0.05, 0.1) is 0 Å². The Morgan fingerprint density at radius 1 is 1.58 bits per heavy atom. The number of rotatable bonds is 6. The number of nitrogens with one attached hydrogen (secondary N) is 1. The molecule has 2 N–H and O–H groups in total. The summed E-state index contributed by atoms with van der Waals surface area (Å²) in [5.41, 5.74) is 0.0261. The molecule has 0 aliphatic heterocycles. The maximum Gasteiger partial charge on any atom is 0.271 e. The molecule has 0 bridgehead atoms. The third-order valence-electron chi connectivity index (χ3n) is 3.35. The highest BCUT2D eigenvalue weighted by molar-refractivity contribution is 5.92. The van der Waals surface area contributed by atoms with Gasteiger partial charge in [-0.05, 0) is 38.2 Å². The molecule has 0 saturated heterocycles. The van der Waals surface area contributed by atoms with Crippen molar-refractivity contribution in [2.45, 2.75) is 38.8 Å². The van der Waals surface area contributed by atoms with E-state index in [0.29, 0.717) is 18.9 Å². The topological polar surface area (TPSA) is 84.2 Å². The van der Waals surface area contributed by atoms with Crippen LogP contribution in [0.4, 0.5) is 0 Å². The van der Waals surface area contributed by atoms with Crippen LogP contribution in [0, 0.1) is 5.92 Å². The zero-order valence-corrected chi connectivity index (χ0v) is 11.0. The number of hydrogen-bond donors (Lipinski definition) is 2. The number of aromatic nitrogens is 2. The summed E-state index contributed by atoms with van der Waals surface area (Å²) in [5.74, 6) is 0.181. The molecule has 1 fully saturated rings. The molecule has 6 nitrogen and oxygen atoms in total. The fourth-order valence-electron chi connectivity index (χ4n) is 2.10. The molecule has 1 aromatic rings. The molecule has 1 atom stereocenters. The molecule has 1 aliphatic rings. The highest BCUT2D eigenvalue weighted by atomic mass is 16.3. The Hall–Kier alpha value is -1.69. The van der Waals surface area contributed by atoms with Gasteiger partial charge in [0.25, 0.3) is 11.5 Å². The third kappa shape index (κ3) is 3.41. The van der Waals surface area contributed by atoms with Crippen molar-refractivity contribution in [2.24, 2.45) is 5.92 Å². The number of aliphatic hydroxyl groups excluding tert-OH is 1. The smallest absolute Gasteiger partial charge is 0.271 e. The minimum atomic E-state index is -0.285. The summed E-state index contributed by atoms with van der Waals surface area (Å²) in [6.07, 6.45) is 2.74. The largest absolute Gasteiger partial charge is 0.396 e. The van der Waals surface area contributed by atoms with E-state index >= 15 is 0 Å². The molecule has 1 aromatic heterocycles. The van der Waals surface area contributed by atoms with Crippen LogP contribution in [-0.4, -0.2) is 33.4 Å². The molecule has 1 aliphatic carbocycles. The van der Waals surface area contributed by atoms with Crippen LogP contribution >= 0.6 is 0 Å². The standard InChI is InChI=1S/C13H19N3O3/c1-2-16-12(18)6-5-11(15-16)13(19)14-10(7-8-17)9-3-4-9/h5-6,9-10,17H,2-4,7-8H2,1H3,(H,14,19). The van der Waals surface area contributed by atoms with Crippen molar-refractivity contribution in [1.82, 2.24) is 15.1 Å². The molecule has 1 amide bonds. The lowest BCUT2D eigenvalue weighted by Gasteiger charge is -2.16. The molecule has 19 heavy (non-hydrogen) atoms. The molecule has 104 valence electrons. The average Bonchev–Trinajstić information content (AvgIpc) is 3.23. The van der Waals surface area contributed by atoms with Crippen molar-refractivity contribution in [2.75, 3.05) is 6.61 Å². The minimum Gasteiger partial charge on any atom is -0.396 e. The zero-order valence-electron chi connectivity index (χ0n) is 11.0. The summed E-state index contributed by atoms with van der Waals surface area (Å²) >= 11 is 0. The van der Waals surface area contributed by atoms with Crippen molar-refractivity contribution < 1.29 is 9.90 Å². The van der Waals surface area contributed by atoms with E-state index in [-0.39, 0.29) is 29.8 Å². The van der Waals surface area contributed by atoms with Crippen molar-refractivity contribution in [3.63, 3.8) is 0 Å². The molecule has 0 aromatic carbocycles. The van der Waals surface area contributed by atoms with E-state index in [1.165, 1.54) is 16.8 Å². The van der Waals surface area contributed by atoms with Gasteiger partial charge in [0.15, 0.2) is 0 Å². The van der Waals surface area contributed by atoms with E-state index in [0.717, 1.165) is 12.8 Å². The molecule has 0 radical (unpaired) electrons. The maximum absolute atomic E-state index is 12.1. The van der Waals surface area contributed by atoms with Crippen LogP contribution < -0.4 is 10.9 Å². The number of carbonyl (C=O) groups excluding carboxylic acids is 1. The number of aliphatic hydroxyl groups is 1. The first-order valence-corrected chi connectivity index (χ1v) is 6.65. The SMILES string of the molecule is CCn1nc(C(=O)NC(CCO)C2CC2)ccc1=O. The predicted molar refractivity (Wildman–Crippen MR) is 69.9 cm³/mol. The Bertz CT molecular complexity index is 508. The summed E-state index contributed by atoms with van der Waals surface area (Å²) < 4.78 is 1.26. The van der Waals surface area contributed by atoms with Crippen LogP contribution in [0.1, 0.15) is 36.7 Å². The Morgan fingerprint density at radius 2 is 2.32 bits per heavy atom. The van der Waals surface area contributed by atoms with Crippen LogP contribution in [0.25, 0.3) is 0 Å². The first-order chi connectivity index (χ1) is 9.15. The second kappa shape index (κ2) is 5.97. The lowest BCUT2D eigenvalue weighted by atomic mass is 10.1. The van der Waals surface area contributed by atoms with E-state index < -0.39 is 0 Å². The van der Waals surface area contributed by atoms with E-state index in [1.54, 1.807) is 6.92 Å². The first-order valence-electron chi connectivity index (χ1n) is 6.65. The van der Waals surface area contributed by atoms with Gasteiger partial charge >= 0.3 is 0 Å². The van der Waals surface area contributed by atoms with E-state index in [1.807, 2.05) is 0 Å². The van der Waals surface area contributed by atoms with Gasteiger partial charge in [0.1, 0.15) is 5.69 Å². The summed E-state index contributed by atoms with van der Waals surface area (Å²) in [6, 6.07) is 2.79. The zero-order chi connectivity index (χ0) is 13.8. The summed E-state index contributed by atoms with van der Waals surface area (Å²) in [5, 5.41) is 15.9. The number of amides is 1. The molecule has 6 heteroatoms. The molecular formula is C13H19N3O3. The summed E-state index contributed by atoms with van der Waals surface area (Å²) in [4.78, 5) is 23.5. The van der Waals surface area contributed by atoms with Gasteiger partial charge in [-0.2, -0.15) is 5.10 Å². The highest BCUT2D eigenvalue weighted by Gasteiger charge is 2.32. The van der Waals surface area contributed by atoms with Gasteiger partial charge in [-0.15, -0.1) is 0 Å². The molecule has 2 rings (SSSR count). The number of nitrogens with zero attached hydrogens (tertiary/aromatic N) is 2. The lowest BCUT2D eigenvalue weighted by Crippen LogP contribution is -2.38. The Kier molecular flexibility index (Phi) is 4.31. The second-order valence-corrected chi connectivity index (χ2v) is 4.80. The van der Waals surface area contributed by atoms with E-state index in [9.17, 15) is 9.59 Å². The van der Waals surface area contributed by atoms with E-state index in [2.05, 4.69) is 10.4 Å². The average molecular weight is 265 g/mol. The maximum atomic E-state index is 12.1. The molecule has 1 heterocycles. The lowest BCUT2D eigenvalue weighted by molar-refractivity contribution is 0.0916. The van der Waals surface area contributed by atoms with E-state index in [4.69, 9.17) is 5.11 Å². The molecule has 1 unspecified atom stereocenters. The second-order valence-electron chi connectivity index (χ2n) is 4.80. The van der Waals surface area contributed by atoms with Crippen molar-refractivity contribution in [1.29, 1.82) is 0 Å². The van der Waals surface area contributed by atoms with Crippen LogP contribution in [-0.2, 0) is 6.54 Å². The summed E-state index contributed by atoms with van der Waals surface area (Å²) in [6.45, 7) is 2.29. The molecule has 1 saturated carbocycles. The molecular weight excluding hydrogens is 246 g/mol. The van der Waals surface area contributed by atoms with Gasteiger partial charge in [-0.1, -0.05) is 0 Å². The van der Waals surface area contributed by atoms with Crippen molar-refractivity contribution in [3.05, 3.63) is 28.2 Å². The Balaban J connectivity index is 2.08. The van der Waals surface area contributed by atoms with Crippen molar-refractivity contribution >= 4 is 5.91 Å². The van der Waals surface area contributed by atoms with Gasteiger partial charge in [0, 0.05) is 25.3 Å². The summed E-state index contributed by atoms with van der Waals surface area (Å²) in [7, 11) is 0. The van der Waals surface area contributed by atoms with Gasteiger partial charge in [-0.3, -0.25) is 9.59 Å². The van der Waals surface area contributed by atoms with Gasteiger partial charge < -0.3 is 10.4 Å². The normalized spacial score (nSPS) is 16.1. The van der Waals surface area contributed by atoms with Crippen LogP contribution in [0.15, 0.2) is 16.9 Å². The van der Waals surface area contributed by atoms with Crippen LogP contribution in [0.2, 0.25) is 0 Å². The highest BCUT2D eigenvalue weighted by Crippen LogP contribution is 2.33.